The molecular formula is C25H30OSi. The summed E-state index contributed by atoms with van der Waals surface area (Å²) in [6, 6.07) is 27.9. The predicted molar refractivity (Wildman–Crippen MR) is 119 cm³/mol. The molecule has 0 atom stereocenters. The van der Waals surface area contributed by atoms with E-state index < -0.39 is 8.32 Å². The molecule has 0 saturated heterocycles. The van der Waals surface area contributed by atoms with Crippen LogP contribution in [-0.2, 0) is 6.42 Å². The molecule has 3 aromatic rings. The Bertz CT molecular complexity index is 874. The summed E-state index contributed by atoms with van der Waals surface area (Å²) in [4.78, 5) is 0. The maximum Gasteiger partial charge on any atom is 0.250 e. The van der Waals surface area contributed by atoms with Gasteiger partial charge in [0.15, 0.2) is 0 Å². The lowest BCUT2D eigenvalue weighted by molar-refractivity contribution is 0.488. The molecule has 0 amide bonds. The van der Waals surface area contributed by atoms with Gasteiger partial charge in [-0.25, -0.2) is 0 Å². The highest BCUT2D eigenvalue weighted by Crippen LogP contribution is 2.38. The van der Waals surface area contributed by atoms with Gasteiger partial charge in [0.05, 0.1) is 0 Å². The molecule has 0 bridgehead atoms. The molecule has 3 rings (SSSR count). The fourth-order valence-corrected chi connectivity index (χ4v) is 3.90. The minimum Gasteiger partial charge on any atom is -0.543 e. The zero-order valence-electron chi connectivity index (χ0n) is 17.1. The first-order valence-corrected chi connectivity index (χ1v) is 12.6. The van der Waals surface area contributed by atoms with Crippen LogP contribution in [0, 0.1) is 0 Å². The van der Waals surface area contributed by atoms with E-state index in [1.807, 2.05) is 0 Å². The number of para-hydroxylation sites is 1. The van der Waals surface area contributed by atoms with Crippen LogP contribution in [-0.4, -0.2) is 8.32 Å². The highest BCUT2D eigenvalue weighted by Gasteiger charge is 2.39. The van der Waals surface area contributed by atoms with Gasteiger partial charge in [-0.3, -0.25) is 0 Å². The lowest BCUT2D eigenvalue weighted by atomic mass is 10.00. The molecule has 0 aromatic heterocycles. The van der Waals surface area contributed by atoms with Crippen molar-refractivity contribution >= 4 is 8.32 Å². The molecule has 0 aliphatic rings. The van der Waals surface area contributed by atoms with Crippen molar-refractivity contribution in [1.29, 1.82) is 0 Å². The van der Waals surface area contributed by atoms with Crippen LogP contribution >= 0.6 is 0 Å². The van der Waals surface area contributed by atoms with Gasteiger partial charge in [-0.15, -0.1) is 0 Å². The van der Waals surface area contributed by atoms with Gasteiger partial charge in [-0.2, -0.15) is 0 Å². The van der Waals surface area contributed by atoms with Gasteiger partial charge in [0.25, 0.3) is 0 Å². The maximum atomic E-state index is 6.60. The molecule has 140 valence electrons. The highest BCUT2D eigenvalue weighted by molar-refractivity contribution is 6.74. The van der Waals surface area contributed by atoms with E-state index in [1.54, 1.807) is 0 Å². The maximum absolute atomic E-state index is 6.60. The minimum absolute atomic E-state index is 0.192. The monoisotopic (exact) mass is 374 g/mol. The number of hydrogen-bond acceptors (Lipinski definition) is 1. The Labute approximate surface area is 165 Å². The normalized spacial score (nSPS) is 12.0. The van der Waals surface area contributed by atoms with Crippen molar-refractivity contribution in [2.75, 3.05) is 0 Å². The molecule has 2 heteroatoms. The Balaban J connectivity index is 1.80. The second kappa shape index (κ2) is 7.73. The van der Waals surface area contributed by atoms with Gasteiger partial charge in [0.2, 0.25) is 8.32 Å². The van der Waals surface area contributed by atoms with Crippen LogP contribution in [0.15, 0.2) is 78.9 Å². The average Bonchev–Trinajstić information content (AvgIpc) is 2.63. The molecule has 0 aliphatic carbocycles. The third kappa shape index (κ3) is 4.70. The zero-order chi connectivity index (χ0) is 19.5. The van der Waals surface area contributed by atoms with Crippen molar-refractivity contribution < 1.29 is 4.43 Å². The second-order valence-electron chi connectivity index (χ2n) is 8.71. The molecule has 0 fully saturated rings. The molecular weight excluding hydrogens is 344 g/mol. The summed E-state index contributed by atoms with van der Waals surface area (Å²) in [5, 5.41) is 0.192. The van der Waals surface area contributed by atoms with E-state index in [0.29, 0.717) is 0 Å². The van der Waals surface area contributed by atoms with Crippen molar-refractivity contribution in [1.82, 2.24) is 0 Å². The van der Waals surface area contributed by atoms with Gasteiger partial charge in [-0.1, -0.05) is 93.6 Å². The van der Waals surface area contributed by atoms with Crippen molar-refractivity contribution in [3.8, 4) is 16.9 Å². The zero-order valence-corrected chi connectivity index (χ0v) is 18.1. The quantitative estimate of drug-likeness (QED) is 0.425. The SMILES string of the molecule is CC(C)(C)[Si](C)(C)Oc1ccccc1Cc1ccc(-c2ccccc2)cc1. The van der Waals surface area contributed by atoms with Gasteiger partial charge in [0.1, 0.15) is 5.75 Å². The molecule has 0 N–H and O–H groups in total. The summed E-state index contributed by atoms with van der Waals surface area (Å²) in [6.45, 7) is 11.5. The van der Waals surface area contributed by atoms with Crippen LogP contribution in [0.4, 0.5) is 0 Å². The van der Waals surface area contributed by atoms with Crippen LogP contribution in [0.1, 0.15) is 31.9 Å². The summed E-state index contributed by atoms with van der Waals surface area (Å²) in [6.07, 6.45) is 0.889. The van der Waals surface area contributed by atoms with Crippen molar-refractivity contribution in [2.45, 2.75) is 45.3 Å². The minimum atomic E-state index is -1.85. The Kier molecular flexibility index (Phi) is 5.57. The molecule has 27 heavy (non-hydrogen) atoms. The summed E-state index contributed by atoms with van der Waals surface area (Å²) in [5.74, 6) is 1.04. The lowest BCUT2D eigenvalue weighted by Gasteiger charge is -2.37. The Morgan fingerprint density at radius 1 is 0.704 bits per heavy atom. The third-order valence-corrected chi connectivity index (χ3v) is 9.94. The molecule has 3 aromatic carbocycles. The standard InChI is InChI=1S/C25H30OSi/c1-25(2,3)27(4,5)26-24-14-10-9-13-23(24)19-20-15-17-22(18-16-20)21-11-7-6-8-12-21/h6-18H,19H2,1-5H3. The topological polar surface area (TPSA) is 9.23 Å². The molecule has 0 radical (unpaired) electrons. The molecule has 0 saturated carbocycles. The van der Waals surface area contributed by atoms with Gasteiger partial charge >= 0.3 is 0 Å². The van der Waals surface area contributed by atoms with Crippen LogP contribution in [0.5, 0.6) is 5.75 Å². The molecule has 0 unspecified atom stereocenters. The Morgan fingerprint density at radius 3 is 1.89 bits per heavy atom. The van der Waals surface area contributed by atoms with Gasteiger partial charge in [-0.05, 0) is 46.5 Å². The van der Waals surface area contributed by atoms with E-state index in [0.717, 1.165) is 12.2 Å². The number of hydrogen-bond donors (Lipinski definition) is 0. The third-order valence-electron chi connectivity index (χ3n) is 5.60. The molecule has 0 spiro atoms. The first-order valence-electron chi connectivity index (χ1n) is 9.67. The smallest absolute Gasteiger partial charge is 0.250 e. The largest absolute Gasteiger partial charge is 0.543 e. The van der Waals surface area contributed by atoms with Crippen molar-refractivity contribution in [2.24, 2.45) is 0 Å². The Morgan fingerprint density at radius 2 is 1.26 bits per heavy atom. The predicted octanol–water partition coefficient (Wildman–Crippen LogP) is 7.33. The first kappa shape index (κ1) is 19.4. The Hall–Kier alpha value is -2.32. The van der Waals surface area contributed by atoms with Crippen LogP contribution in [0.25, 0.3) is 11.1 Å². The summed E-state index contributed by atoms with van der Waals surface area (Å²) in [5.41, 5.74) is 5.08. The summed E-state index contributed by atoms with van der Waals surface area (Å²) < 4.78 is 6.60. The summed E-state index contributed by atoms with van der Waals surface area (Å²) >= 11 is 0. The van der Waals surface area contributed by atoms with E-state index in [9.17, 15) is 0 Å². The number of benzene rings is 3. The highest BCUT2D eigenvalue weighted by atomic mass is 28.4. The fourth-order valence-electron chi connectivity index (χ4n) is 2.84. The number of rotatable bonds is 5. The fraction of sp³-hybridized carbons (Fsp3) is 0.280. The first-order chi connectivity index (χ1) is 12.8. The van der Waals surface area contributed by atoms with E-state index in [1.165, 1.54) is 22.3 Å². The second-order valence-corrected chi connectivity index (χ2v) is 13.4. The van der Waals surface area contributed by atoms with E-state index in [-0.39, 0.29) is 5.04 Å². The van der Waals surface area contributed by atoms with Crippen molar-refractivity contribution in [3.63, 3.8) is 0 Å². The van der Waals surface area contributed by atoms with Crippen LogP contribution in [0.2, 0.25) is 18.1 Å². The van der Waals surface area contributed by atoms with Crippen LogP contribution < -0.4 is 4.43 Å². The molecule has 0 aliphatic heterocycles. The summed E-state index contributed by atoms with van der Waals surface area (Å²) in [7, 11) is -1.85. The van der Waals surface area contributed by atoms with E-state index in [4.69, 9.17) is 4.43 Å². The molecule has 0 heterocycles. The van der Waals surface area contributed by atoms with Crippen molar-refractivity contribution in [3.05, 3.63) is 90.0 Å². The molecule has 1 nitrogen and oxygen atoms in total. The van der Waals surface area contributed by atoms with Gasteiger partial charge in [0, 0.05) is 6.42 Å². The average molecular weight is 375 g/mol. The van der Waals surface area contributed by atoms with Gasteiger partial charge < -0.3 is 4.43 Å². The van der Waals surface area contributed by atoms with E-state index in [2.05, 4.69) is 113 Å². The van der Waals surface area contributed by atoms with Crippen LogP contribution in [0.3, 0.4) is 0 Å². The lowest BCUT2D eigenvalue weighted by Crippen LogP contribution is -2.44. The van der Waals surface area contributed by atoms with E-state index >= 15 is 0 Å².